The summed E-state index contributed by atoms with van der Waals surface area (Å²) >= 11 is 1.55. The maximum Gasteiger partial charge on any atom is 0.203 e. The molecule has 128 valence electrons. The number of benzene rings is 2. The van der Waals surface area contributed by atoms with Crippen LogP contribution in [-0.4, -0.2) is 11.2 Å². The predicted molar refractivity (Wildman–Crippen MR) is 109 cm³/mol. The zero-order valence-electron chi connectivity index (χ0n) is 15.1. The Balaban J connectivity index is 1.64. The van der Waals surface area contributed by atoms with Crippen LogP contribution in [-0.2, 0) is 5.41 Å². The molecule has 0 aliphatic heterocycles. The molecule has 1 heterocycles. The van der Waals surface area contributed by atoms with E-state index in [4.69, 9.17) is 0 Å². The molecule has 25 heavy (non-hydrogen) atoms. The monoisotopic (exact) mass is 349 g/mol. The van der Waals surface area contributed by atoms with E-state index >= 15 is 0 Å². The summed E-state index contributed by atoms with van der Waals surface area (Å²) in [6.45, 7) is 8.73. The zero-order chi connectivity index (χ0) is 17.9. The van der Waals surface area contributed by atoms with Crippen molar-refractivity contribution in [1.29, 1.82) is 0 Å². The Kier molecular flexibility index (Phi) is 5.00. The number of hydrogen-bond acceptors (Lipinski definition) is 4. The molecule has 0 radical (unpaired) electrons. The first kappa shape index (κ1) is 17.4. The quantitative estimate of drug-likeness (QED) is 0.473. The first-order chi connectivity index (χ1) is 11.9. The number of thiazole rings is 1. The highest BCUT2D eigenvalue weighted by Crippen LogP contribution is 2.25. The molecule has 0 atom stereocenters. The van der Waals surface area contributed by atoms with Crippen molar-refractivity contribution < 1.29 is 0 Å². The van der Waals surface area contributed by atoms with Crippen LogP contribution in [0.1, 0.15) is 37.5 Å². The smallest absolute Gasteiger partial charge is 0.203 e. The van der Waals surface area contributed by atoms with Gasteiger partial charge in [0.25, 0.3) is 0 Å². The minimum absolute atomic E-state index is 0.168. The maximum absolute atomic E-state index is 4.58. The minimum atomic E-state index is 0.168. The number of rotatable bonds is 4. The van der Waals surface area contributed by atoms with Crippen LogP contribution in [0.3, 0.4) is 0 Å². The van der Waals surface area contributed by atoms with Gasteiger partial charge < -0.3 is 0 Å². The van der Waals surface area contributed by atoms with Gasteiger partial charge in [-0.3, -0.25) is 5.43 Å². The molecule has 2 aromatic carbocycles. The molecule has 1 N–H and O–H groups in total. The van der Waals surface area contributed by atoms with E-state index < -0.39 is 0 Å². The van der Waals surface area contributed by atoms with Crippen molar-refractivity contribution in [1.82, 2.24) is 4.98 Å². The van der Waals surface area contributed by atoms with Gasteiger partial charge >= 0.3 is 0 Å². The Morgan fingerprint density at radius 1 is 1.00 bits per heavy atom. The number of nitrogens with zero attached hydrogens (tertiary/aromatic N) is 2. The average molecular weight is 350 g/mol. The standard InChI is InChI=1S/C21H23N3S/c1-15-5-9-17(10-6-15)19-14-25-20(23-19)24-22-13-16-7-11-18(12-8-16)21(2,3)4/h5-14H,1-4H3,(H,23,24)/b22-13+. The molecule has 0 unspecified atom stereocenters. The lowest BCUT2D eigenvalue weighted by Crippen LogP contribution is -2.10. The minimum Gasteiger partial charge on any atom is -0.253 e. The summed E-state index contributed by atoms with van der Waals surface area (Å²) in [5.41, 5.74) is 8.91. The van der Waals surface area contributed by atoms with E-state index in [1.165, 1.54) is 11.1 Å². The lowest BCUT2D eigenvalue weighted by molar-refractivity contribution is 0.590. The second-order valence-electron chi connectivity index (χ2n) is 7.15. The third-order valence-electron chi connectivity index (χ3n) is 4.00. The molecule has 0 saturated heterocycles. The maximum atomic E-state index is 4.58. The SMILES string of the molecule is Cc1ccc(-c2csc(N/N=C/c3ccc(C(C)(C)C)cc3)n2)cc1. The molecule has 0 bridgehead atoms. The summed E-state index contributed by atoms with van der Waals surface area (Å²) in [6.07, 6.45) is 1.82. The van der Waals surface area contributed by atoms with Gasteiger partial charge in [-0.05, 0) is 23.5 Å². The van der Waals surface area contributed by atoms with Gasteiger partial charge in [-0.2, -0.15) is 5.10 Å². The van der Waals surface area contributed by atoms with Crippen LogP contribution >= 0.6 is 11.3 Å². The van der Waals surface area contributed by atoms with Gasteiger partial charge in [-0.1, -0.05) is 74.9 Å². The third-order valence-corrected chi connectivity index (χ3v) is 4.75. The lowest BCUT2D eigenvalue weighted by Gasteiger charge is -2.18. The van der Waals surface area contributed by atoms with Gasteiger partial charge in [0, 0.05) is 10.9 Å². The van der Waals surface area contributed by atoms with E-state index in [0.717, 1.165) is 22.0 Å². The number of aromatic nitrogens is 1. The van der Waals surface area contributed by atoms with Gasteiger partial charge in [-0.15, -0.1) is 11.3 Å². The highest BCUT2D eigenvalue weighted by Gasteiger charge is 2.12. The molecule has 4 heteroatoms. The van der Waals surface area contributed by atoms with E-state index in [1.807, 2.05) is 11.6 Å². The van der Waals surface area contributed by atoms with Gasteiger partial charge in [0.05, 0.1) is 11.9 Å². The molecule has 3 aromatic rings. The fourth-order valence-corrected chi connectivity index (χ4v) is 3.08. The zero-order valence-corrected chi connectivity index (χ0v) is 15.9. The van der Waals surface area contributed by atoms with Crippen molar-refractivity contribution in [3.63, 3.8) is 0 Å². The van der Waals surface area contributed by atoms with Gasteiger partial charge in [0.15, 0.2) is 0 Å². The number of hydrazone groups is 1. The summed E-state index contributed by atoms with van der Waals surface area (Å²) < 4.78 is 0. The summed E-state index contributed by atoms with van der Waals surface area (Å²) in [5, 5.41) is 7.13. The normalized spacial score (nSPS) is 11.8. The average Bonchev–Trinajstić information content (AvgIpc) is 3.04. The largest absolute Gasteiger partial charge is 0.253 e. The van der Waals surface area contributed by atoms with Gasteiger partial charge in [0.1, 0.15) is 0 Å². The van der Waals surface area contributed by atoms with Crippen molar-refractivity contribution in [2.75, 3.05) is 5.43 Å². The van der Waals surface area contributed by atoms with Crippen LogP contribution < -0.4 is 5.43 Å². The van der Waals surface area contributed by atoms with E-state index in [1.54, 1.807) is 11.3 Å². The van der Waals surface area contributed by atoms with Crippen LogP contribution in [0.4, 0.5) is 5.13 Å². The lowest BCUT2D eigenvalue weighted by atomic mass is 9.87. The summed E-state index contributed by atoms with van der Waals surface area (Å²) in [7, 11) is 0. The Morgan fingerprint density at radius 2 is 1.68 bits per heavy atom. The highest BCUT2D eigenvalue weighted by molar-refractivity contribution is 7.14. The Labute approximate surface area is 153 Å². The number of nitrogens with one attached hydrogen (secondary N) is 1. The number of aryl methyl sites for hydroxylation is 1. The number of anilines is 1. The first-order valence-corrected chi connectivity index (χ1v) is 9.22. The van der Waals surface area contributed by atoms with Crippen LogP contribution in [0.25, 0.3) is 11.3 Å². The molecule has 0 spiro atoms. The topological polar surface area (TPSA) is 37.3 Å². The molecule has 0 aliphatic rings. The van der Waals surface area contributed by atoms with E-state index in [2.05, 4.69) is 91.7 Å². The molecule has 0 saturated carbocycles. The van der Waals surface area contributed by atoms with Crippen molar-refractivity contribution in [2.24, 2.45) is 5.10 Å². The fourth-order valence-electron chi connectivity index (χ4n) is 2.41. The summed E-state index contributed by atoms with van der Waals surface area (Å²) in [4.78, 5) is 4.58. The van der Waals surface area contributed by atoms with E-state index in [-0.39, 0.29) is 5.41 Å². The Morgan fingerprint density at radius 3 is 2.32 bits per heavy atom. The first-order valence-electron chi connectivity index (χ1n) is 8.34. The Bertz CT molecular complexity index is 853. The predicted octanol–water partition coefficient (Wildman–Crippen LogP) is 5.86. The summed E-state index contributed by atoms with van der Waals surface area (Å²) in [6, 6.07) is 16.9. The van der Waals surface area contributed by atoms with Crippen LogP contribution in [0.5, 0.6) is 0 Å². The molecule has 3 rings (SSSR count). The molecule has 0 fully saturated rings. The molecular weight excluding hydrogens is 326 g/mol. The molecule has 1 aromatic heterocycles. The fraction of sp³-hybridized carbons (Fsp3) is 0.238. The van der Waals surface area contributed by atoms with Crippen LogP contribution in [0.15, 0.2) is 59.0 Å². The van der Waals surface area contributed by atoms with E-state index in [0.29, 0.717) is 0 Å². The van der Waals surface area contributed by atoms with Crippen molar-refractivity contribution in [3.05, 3.63) is 70.6 Å². The number of hydrogen-bond donors (Lipinski definition) is 1. The van der Waals surface area contributed by atoms with Crippen molar-refractivity contribution in [3.8, 4) is 11.3 Å². The van der Waals surface area contributed by atoms with Gasteiger partial charge in [-0.25, -0.2) is 4.98 Å². The molecule has 0 amide bonds. The van der Waals surface area contributed by atoms with Crippen LogP contribution in [0, 0.1) is 6.92 Å². The van der Waals surface area contributed by atoms with E-state index in [9.17, 15) is 0 Å². The molecule has 3 nitrogen and oxygen atoms in total. The molecule has 0 aliphatic carbocycles. The third kappa shape index (κ3) is 4.54. The van der Waals surface area contributed by atoms with Gasteiger partial charge in [0.2, 0.25) is 5.13 Å². The summed E-state index contributed by atoms with van der Waals surface area (Å²) in [5.74, 6) is 0. The second kappa shape index (κ2) is 7.19. The highest BCUT2D eigenvalue weighted by atomic mass is 32.1. The molecular formula is C21H23N3S. The van der Waals surface area contributed by atoms with Crippen molar-refractivity contribution >= 4 is 22.7 Å². The Hall–Kier alpha value is -2.46. The second-order valence-corrected chi connectivity index (χ2v) is 8.00. The van der Waals surface area contributed by atoms with Crippen LogP contribution in [0.2, 0.25) is 0 Å². The van der Waals surface area contributed by atoms with Crippen molar-refractivity contribution in [2.45, 2.75) is 33.1 Å².